The van der Waals surface area contributed by atoms with Crippen molar-refractivity contribution < 1.29 is 4.74 Å². The average Bonchev–Trinajstić information content (AvgIpc) is 2.56. The van der Waals surface area contributed by atoms with Crippen LogP contribution in [0.1, 0.15) is 38.5 Å². The lowest BCUT2D eigenvalue weighted by Crippen LogP contribution is -2.57. The molecule has 0 aromatic rings. The maximum atomic E-state index is 6.06. The number of rotatable bonds is 2. The quantitative estimate of drug-likeness (QED) is 0.703. The van der Waals surface area contributed by atoms with Crippen molar-refractivity contribution >= 4 is 0 Å². The van der Waals surface area contributed by atoms with E-state index in [-0.39, 0.29) is 0 Å². The molecule has 1 aliphatic heterocycles. The van der Waals surface area contributed by atoms with Crippen LogP contribution in [0, 0.1) is 0 Å². The molecule has 0 bridgehead atoms. The van der Waals surface area contributed by atoms with Gasteiger partial charge in [-0.05, 0) is 12.8 Å². The first-order valence-corrected chi connectivity index (χ1v) is 6.40. The molecule has 0 unspecified atom stereocenters. The molecule has 0 atom stereocenters. The third kappa shape index (κ3) is 2.52. The monoisotopic (exact) mass is 212 g/mol. The van der Waals surface area contributed by atoms with E-state index in [0.29, 0.717) is 5.54 Å². The minimum atomic E-state index is 0.306. The van der Waals surface area contributed by atoms with Crippen molar-refractivity contribution in [2.45, 2.75) is 44.1 Å². The van der Waals surface area contributed by atoms with Gasteiger partial charge in [-0.1, -0.05) is 25.7 Å². The van der Waals surface area contributed by atoms with Crippen molar-refractivity contribution in [3.05, 3.63) is 0 Å². The number of hydrogen-bond donors (Lipinski definition) is 1. The van der Waals surface area contributed by atoms with E-state index in [1.807, 2.05) is 0 Å². The Kier molecular flexibility index (Phi) is 4.00. The van der Waals surface area contributed by atoms with Crippen LogP contribution in [0.25, 0.3) is 0 Å². The van der Waals surface area contributed by atoms with Gasteiger partial charge >= 0.3 is 0 Å². The SMILES string of the molecule is NCC1(N2CCOCC2)CCCCCC1. The minimum Gasteiger partial charge on any atom is -0.379 e. The number of ether oxygens (including phenoxy) is 1. The summed E-state index contributed by atoms with van der Waals surface area (Å²) in [5.74, 6) is 0. The number of nitrogens with zero attached hydrogens (tertiary/aromatic N) is 1. The minimum absolute atomic E-state index is 0.306. The molecule has 3 heteroatoms. The Hall–Kier alpha value is -0.120. The van der Waals surface area contributed by atoms with Crippen LogP contribution in [-0.4, -0.2) is 43.3 Å². The maximum Gasteiger partial charge on any atom is 0.0594 e. The molecular weight excluding hydrogens is 188 g/mol. The van der Waals surface area contributed by atoms with E-state index in [2.05, 4.69) is 4.90 Å². The van der Waals surface area contributed by atoms with Crippen LogP contribution in [0.3, 0.4) is 0 Å². The summed E-state index contributed by atoms with van der Waals surface area (Å²) in [5.41, 5.74) is 6.36. The zero-order valence-electron chi connectivity index (χ0n) is 9.71. The molecule has 1 saturated heterocycles. The highest BCUT2D eigenvalue weighted by molar-refractivity contribution is 4.93. The third-order valence-corrected chi connectivity index (χ3v) is 4.10. The van der Waals surface area contributed by atoms with Gasteiger partial charge in [0.05, 0.1) is 13.2 Å². The highest BCUT2D eigenvalue weighted by atomic mass is 16.5. The molecule has 1 saturated carbocycles. The molecule has 88 valence electrons. The fourth-order valence-electron chi connectivity index (χ4n) is 3.07. The lowest BCUT2D eigenvalue weighted by molar-refractivity contribution is -0.0255. The topological polar surface area (TPSA) is 38.5 Å². The van der Waals surface area contributed by atoms with Crippen molar-refractivity contribution in [3.8, 4) is 0 Å². The van der Waals surface area contributed by atoms with Crippen LogP contribution in [0.5, 0.6) is 0 Å². The maximum absolute atomic E-state index is 6.06. The van der Waals surface area contributed by atoms with Crippen molar-refractivity contribution in [1.29, 1.82) is 0 Å². The Morgan fingerprint density at radius 1 is 1.00 bits per heavy atom. The first kappa shape index (κ1) is 11.4. The zero-order valence-corrected chi connectivity index (χ0v) is 9.71. The van der Waals surface area contributed by atoms with E-state index >= 15 is 0 Å². The molecule has 2 rings (SSSR count). The van der Waals surface area contributed by atoms with Gasteiger partial charge in [-0.3, -0.25) is 4.90 Å². The van der Waals surface area contributed by atoms with Crippen molar-refractivity contribution in [2.75, 3.05) is 32.8 Å². The summed E-state index contributed by atoms with van der Waals surface area (Å²) in [6.07, 6.45) is 8.09. The molecular formula is C12H24N2O. The normalized spacial score (nSPS) is 28.6. The lowest BCUT2D eigenvalue weighted by atomic mass is 9.88. The van der Waals surface area contributed by atoms with Crippen LogP contribution in [0.15, 0.2) is 0 Å². The Labute approximate surface area is 93.0 Å². The molecule has 0 radical (unpaired) electrons. The highest BCUT2D eigenvalue weighted by Gasteiger charge is 2.36. The summed E-state index contributed by atoms with van der Waals surface area (Å²) < 4.78 is 5.43. The molecule has 2 aliphatic rings. The predicted octanol–water partition coefficient (Wildman–Crippen LogP) is 1.37. The van der Waals surface area contributed by atoms with Crippen LogP contribution in [0.4, 0.5) is 0 Å². The van der Waals surface area contributed by atoms with E-state index < -0.39 is 0 Å². The second kappa shape index (κ2) is 5.28. The van der Waals surface area contributed by atoms with Gasteiger partial charge in [0.25, 0.3) is 0 Å². The average molecular weight is 212 g/mol. The Balaban J connectivity index is 2.03. The molecule has 3 nitrogen and oxygen atoms in total. The zero-order chi connectivity index (χ0) is 10.6. The molecule has 0 amide bonds. The summed E-state index contributed by atoms with van der Waals surface area (Å²) in [4.78, 5) is 2.60. The molecule has 2 fully saturated rings. The van der Waals surface area contributed by atoms with Crippen LogP contribution >= 0.6 is 0 Å². The number of nitrogens with two attached hydrogens (primary N) is 1. The largest absolute Gasteiger partial charge is 0.379 e. The fourth-order valence-corrected chi connectivity index (χ4v) is 3.07. The number of hydrogen-bond acceptors (Lipinski definition) is 3. The van der Waals surface area contributed by atoms with Crippen LogP contribution < -0.4 is 5.73 Å². The molecule has 15 heavy (non-hydrogen) atoms. The van der Waals surface area contributed by atoms with E-state index in [1.165, 1.54) is 38.5 Å². The fraction of sp³-hybridized carbons (Fsp3) is 1.00. The Morgan fingerprint density at radius 2 is 1.60 bits per heavy atom. The Bertz CT molecular complexity index is 182. The summed E-state index contributed by atoms with van der Waals surface area (Å²) in [7, 11) is 0. The summed E-state index contributed by atoms with van der Waals surface area (Å²) >= 11 is 0. The summed E-state index contributed by atoms with van der Waals surface area (Å²) in [6.45, 7) is 4.77. The second-order valence-corrected chi connectivity index (χ2v) is 4.94. The predicted molar refractivity (Wildman–Crippen MR) is 61.9 cm³/mol. The van der Waals surface area contributed by atoms with Crippen molar-refractivity contribution in [1.82, 2.24) is 4.90 Å². The lowest BCUT2D eigenvalue weighted by Gasteiger charge is -2.45. The second-order valence-electron chi connectivity index (χ2n) is 4.94. The molecule has 1 heterocycles. The van der Waals surface area contributed by atoms with Gasteiger partial charge in [0.1, 0.15) is 0 Å². The first-order chi connectivity index (χ1) is 7.37. The van der Waals surface area contributed by atoms with Gasteiger partial charge in [-0.25, -0.2) is 0 Å². The summed E-state index contributed by atoms with van der Waals surface area (Å²) in [6, 6.07) is 0. The molecule has 1 aliphatic carbocycles. The van der Waals surface area contributed by atoms with Gasteiger partial charge in [0.15, 0.2) is 0 Å². The molecule has 0 spiro atoms. The molecule has 2 N–H and O–H groups in total. The van der Waals surface area contributed by atoms with Crippen LogP contribution in [0.2, 0.25) is 0 Å². The van der Waals surface area contributed by atoms with Gasteiger partial charge in [0, 0.05) is 25.2 Å². The van der Waals surface area contributed by atoms with E-state index in [1.54, 1.807) is 0 Å². The van der Waals surface area contributed by atoms with Gasteiger partial charge in [-0.15, -0.1) is 0 Å². The van der Waals surface area contributed by atoms with Crippen molar-refractivity contribution in [2.24, 2.45) is 5.73 Å². The first-order valence-electron chi connectivity index (χ1n) is 6.40. The number of morpholine rings is 1. The van der Waals surface area contributed by atoms with Gasteiger partial charge in [0.2, 0.25) is 0 Å². The molecule has 0 aromatic carbocycles. The smallest absolute Gasteiger partial charge is 0.0594 e. The van der Waals surface area contributed by atoms with Crippen LogP contribution in [-0.2, 0) is 4.74 Å². The van der Waals surface area contributed by atoms with E-state index in [0.717, 1.165) is 32.8 Å². The third-order valence-electron chi connectivity index (χ3n) is 4.10. The Morgan fingerprint density at radius 3 is 2.13 bits per heavy atom. The van der Waals surface area contributed by atoms with E-state index in [9.17, 15) is 0 Å². The standard InChI is InChI=1S/C12H24N2O/c13-11-12(5-3-1-2-4-6-12)14-7-9-15-10-8-14/h1-11,13H2. The van der Waals surface area contributed by atoms with Gasteiger partial charge < -0.3 is 10.5 Å². The van der Waals surface area contributed by atoms with E-state index in [4.69, 9.17) is 10.5 Å². The highest BCUT2D eigenvalue weighted by Crippen LogP contribution is 2.32. The molecule has 0 aromatic heterocycles. The van der Waals surface area contributed by atoms with Gasteiger partial charge in [-0.2, -0.15) is 0 Å². The summed E-state index contributed by atoms with van der Waals surface area (Å²) in [5, 5.41) is 0. The van der Waals surface area contributed by atoms with Crippen molar-refractivity contribution in [3.63, 3.8) is 0 Å².